The van der Waals surface area contributed by atoms with Crippen LogP contribution in [0.4, 0.5) is 13.2 Å². The molecule has 3 heterocycles. The first-order valence-electron chi connectivity index (χ1n) is 6.53. The lowest BCUT2D eigenvalue weighted by Gasteiger charge is -2.25. The molecule has 5 nitrogen and oxygen atoms in total. The highest BCUT2D eigenvalue weighted by atomic mass is 35.5. The second-order valence-corrected chi connectivity index (χ2v) is 6.24. The van der Waals surface area contributed by atoms with E-state index in [0.29, 0.717) is 0 Å². The molecule has 1 aliphatic rings. The summed E-state index contributed by atoms with van der Waals surface area (Å²) in [5, 5.41) is 17.2. The van der Waals surface area contributed by atoms with E-state index in [1.807, 2.05) is 17.6 Å². The number of aromatic nitrogens is 2. The highest BCUT2D eigenvalue weighted by molar-refractivity contribution is 7.10. The Morgan fingerprint density at radius 1 is 1.52 bits per heavy atom. The molecule has 2 aromatic rings. The van der Waals surface area contributed by atoms with Crippen LogP contribution in [0, 0.1) is 0 Å². The summed E-state index contributed by atoms with van der Waals surface area (Å²) in [7, 11) is 0. The number of carboxylic acids is 1. The van der Waals surface area contributed by atoms with Crippen LogP contribution in [0.2, 0.25) is 5.02 Å². The smallest absolute Gasteiger partial charge is 0.475 e. The maximum atomic E-state index is 10.6. The second kappa shape index (κ2) is 7.33. The van der Waals surface area contributed by atoms with Crippen LogP contribution < -0.4 is 0 Å². The molecular formula is C13H13ClF3N3O2S. The first-order chi connectivity index (χ1) is 10.8. The van der Waals surface area contributed by atoms with E-state index >= 15 is 0 Å². The van der Waals surface area contributed by atoms with Crippen molar-refractivity contribution in [2.75, 3.05) is 6.54 Å². The number of H-pyrrole nitrogens is 1. The van der Waals surface area contributed by atoms with Gasteiger partial charge in [-0.3, -0.25) is 10.00 Å². The number of rotatable bonds is 2. The van der Waals surface area contributed by atoms with Crippen LogP contribution in [-0.4, -0.2) is 38.9 Å². The molecule has 0 atom stereocenters. The Bertz CT molecular complexity index is 671. The molecule has 1 aliphatic heterocycles. The number of hydrogen-bond acceptors (Lipinski definition) is 4. The van der Waals surface area contributed by atoms with Gasteiger partial charge in [0.25, 0.3) is 0 Å². The summed E-state index contributed by atoms with van der Waals surface area (Å²) in [6.07, 6.45) is -2.10. The molecule has 3 rings (SSSR count). The molecule has 10 heteroatoms. The first kappa shape index (κ1) is 17.8. The standard InChI is InChI=1S/C11H12ClN3S.C2HF3O2/c12-9-2-4-16-11(9)7-15-3-1-10-8(6-15)5-13-14-10;3-2(4,5)1(6)7/h2,4-5H,1,3,6-7H2,(H,13,14);(H,6,7). The number of alkyl halides is 3. The topological polar surface area (TPSA) is 69.2 Å². The molecule has 126 valence electrons. The molecule has 2 aromatic heterocycles. The SMILES string of the molecule is Clc1ccsc1CN1CCc2[nH]ncc2C1.O=C(O)C(F)(F)F. The van der Waals surface area contributed by atoms with Gasteiger partial charge in [-0.15, -0.1) is 11.3 Å². The molecule has 0 saturated carbocycles. The van der Waals surface area contributed by atoms with Crippen molar-refractivity contribution in [2.45, 2.75) is 25.7 Å². The summed E-state index contributed by atoms with van der Waals surface area (Å²) in [6, 6.07) is 1.97. The number of aromatic amines is 1. The Balaban J connectivity index is 0.000000236. The lowest BCUT2D eigenvalue weighted by Crippen LogP contribution is -2.29. The highest BCUT2D eigenvalue weighted by Crippen LogP contribution is 2.26. The molecule has 0 unspecified atom stereocenters. The number of fused-ring (bicyclic) bond motifs is 1. The van der Waals surface area contributed by atoms with Gasteiger partial charge < -0.3 is 5.11 Å². The fourth-order valence-corrected chi connectivity index (χ4v) is 3.19. The molecule has 0 aromatic carbocycles. The van der Waals surface area contributed by atoms with Gasteiger partial charge in [0, 0.05) is 42.2 Å². The molecular weight excluding hydrogens is 355 g/mol. The lowest BCUT2D eigenvalue weighted by molar-refractivity contribution is -0.192. The molecule has 0 aliphatic carbocycles. The van der Waals surface area contributed by atoms with Crippen LogP contribution >= 0.6 is 22.9 Å². The zero-order chi connectivity index (χ0) is 17.0. The maximum absolute atomic E-state index is 10.6. The summed E-state index contributed by atoms with van der Waals surface area (Å²) >= 11 is 7.83. The van der Waals surface area contributed by atoms with Crippen molar-refractivity contribution in [3.8, 4) is 0 Å². The Morgan fingerprint density at radius 3 is 2.78 bits per heavy atom. The number of nitrogens with zero attached hydrogens (tertiary/aromatic N) is 2. The minimum atomic E-state index is -5.08. The van der Waals surface area contributed by atoms with Gasteiger partial charge in [0.15, 0.2) is 0 Å². The Hall–Kier alpha value is -1.58. The summed E-state index contributed by atoms with van der Waals surface area (Å²) in [4.78, 5) is 12.6. The van der Waals surface area contributed by atoms with E-state index in [1.165, 1.54) is 16.1 Å². The van der Waals surface area contributed by atoms with Crippen LogP contribution in [0.1, 0.15) is 16.1 Å². The summed E-state index contributed by atoms with van der Waals surface area (Å²) < 4.78 is 31.7. The van der Waals surface area contributed by atoms with E-state index in [1.54, 1.807) is 11.3 Å². The number of thiophene rings is 1. The fourth-order valence-electron chi connectivity index (χ4n) is 2.06. The van der Waals surface area contributed by atoms with Gasteiger partial charge in [0.05, 0.1) is 11.2 Å². The van der Waals surface area contributed by atoms with Crippen molar-refractivity contribution < 1.29 is 23.1 Å². The Morgan fingerprint density at radius 2 is 2.22 bits per heavy atom. The maximum Gasteiger partial charge on any atom is 0.490 e. The van der Waals surface area contributed by atoms with Crippen molar-refractivity contribution in [2.24, 2.45) is 0 Å². The zero-order valence-electron chi connectivity index (χ0n) is 11.7. The van der Waals surface area contributed by atoms with E-state index in [9.17, 15) is 13.2 Å². The van der Waals surface area contributed by atoms with Gasteiger partial charge in [-0.05, 0) is 11.4 Å². The third kappa shape index (κ3) is 4.95. The van der Waals surface area contributed by atoms with E-state index in [2.05, 4.69) is 15.1 Å². The minimum Gasteiger partial charge on any atom is -0.475 e. The van der Waals surface area contributed by atoms with Crippen molar-refractivity contribution >= 4 is 28.9 Å². The largest absolute Gasteiger partial charge is 0.490 e. The van der Waals surface area contributed by atoms with Crippen molar-refractivity contribution in [1.82, 2.24) is 15.1 Å². The van der Waals surface area contributed by atoms with Gasteiger partial charge in [0.2, 0.25) is 0 Å². The Labute approximate surface area is 138 Å². The van der Waals surface area contributed by atoms with Crippen LogP contribution in [-0.2, 0) is 24.3 Å². The van der Waals surface area contributed by atoms with Gasteiger partial charge in [-0.25, -0.2) is 4.79 Å². The fraction of sp³-hybridized carbons (Fsp3) is 0.385. The number of carbonyl (C=O) groups is 1. The molecule has 0 spiro atoms. The summed E-state index contributed by atoms with van der Waals surface area (Å²) in [5.41, 5.74) is 2.60. The number of halogens is 4. The molecule has 0 fully saturated rings. The molecule has 0 radical (unpaired) electrons. The minimum absolute atomic E-state index is 0.892. The average Bonchev–Trinajstić information content (AvgIpc) is 3.08. The van der Waals surface area contributed by atoms with E-state index in [-0.39, 0.29) is 0 Å². The quantitative estimate of drug-likeness (QED) is 0.854. The molecule has 0 bridgehead atoms. The van der Waals surface area contributed by atoms with Crippen LogP contribution in [0.15, 0.2) is 17.6 Å². The molecule has 23 heavy (non-hydrogen) atoms. The lowest BCUT2D eigenvalue weighted by atomic mass is 10.1. The van der Waals surface area contributed by atoms with E-state index in [4.69, 9.17) is 21.5 Å². The van der Waals surface area contributed by atoms with Crippen molar-refractivity contribution in [3.63, 3.8) is 0 Å². The van der Waals surface area contributed by atoms with Crippen LogP contribution in [0.5, 0.6) is 0 Å². The van der Waals surface area contributed by atoms with Gasteiger partial charge >= 0.3 is 12.1 Å². The zero-order valence-corrected chi connectivity index (χ0v) is 13.3. The number of carboxylic acid groups (broad SMARTS) is 1. The third-order valence-electron chi connectivity index (χ3n) is 3.18. The van der Waals surface area contributed by atoms with Gasteiger partial charge in [-0.2, -0.15) is 18.3 Å². The van der Waals surface area contributed by atoms with Crippen molar-refractivity contribution in [1.29, 1.82) is 0 Å². The van der Waals surface area contributed by atoms with Gasteiger partial charge in [0.1, 0.15) is 0 Å². The highest BCUT2D eigenvalue weighted by Gasteiger charge is 2.38. The average molecular weight is 368 g/mol. The van der Waals surface area contributed by atoms with Crippen LogP contribution in [0.3, 0.4) is 0 Å². The second-order valence-electron chi connectivity index (χ2n) is 4.83. The van der Waals surface area contributed by atoms with E-state index in [0.717, 1.165) is 31.1 Å². The first-order valence-corrected chi connectivity index (χ1v) is 7.78. The molecule has 0 amide bonds. The Kier molecular flexibility index (Phi) is 5.66. The van der Waals surface area contributed by atoms with E-state index < -0.39 is 12.1 Å². The predicted molar refractivity (Wildman–Crippen MR) is 79.4 cm³/mol. The summed E-state index contributed by atoms with van der Waals surface area (Å²) in [5.74, 6) is -2.76. The number of hydrogen-bond donors (Lipinski definition) is 2. The summed E-state index contributed by atoms with van der Waals surface area (Å²) in [6.45, 7) is 2.99. The molecule has 0 saturated heterocycles. The van der Waals surface area contributed by atoms with Crippen molar-refractivity contribution in [3.05, 3.63) is 38.8 Å². The molecule has 2 N–H and O–H groups in total. The predicted octanol–water partition coefficient (Wildman–Crippen LogP) is 3.32. The van der Waals surface area contributed by atoms with Gasteiger partial charge in [-0.1, -0.05) is 11.6 Å². The monoisotopic (exact) mass is 367 g/mol. The normalized spacial score (nSPS) is 14.8. The number of aliphatic carboxylic acids is 1. The number of nitrogens with one attached hydrogen (secondary N) is 1. The third-order valence-corrected chi connectivity index (χ3v) is 4.55. The van der Waals surface area contributed by atoms with Crippen LogP contribution in [0.25, 0.3) is 0 Å².